The molecular formula is C21H27N3O2. The van der Waals surface area contributed by atoms with Crippen molar-refractivity contribution in [2.75, 3.05) is 31.6 Å². The van der Waals surface area contributed by atoms with Crippen LogP contribution in [-0.4, -0.2) is 42.1 Å². The van der Waals surface area contributed by atoms with Crippen molar-refractivity contribution in [3.8, 4) is 11.1 Å². The van der Waals surface area contributed by atoms with Crippen molar-refractivity contribution in [1.29, 1.82) is 0 Å². The zero-order valence-electron chi connectivity index (χ0n) is 15.8. The van der Waals surface area contributed by atoms with Crippen molar-refractivity contribution < 1.29 is 9.53 Å². The molecule has 3 rings (SSSR count). The summed E-state index contributed by atoms with van der Waals surface area (Å²) in [5, 5.41) is 2.87. The van der Waals surface area contributed by atoms with E-state index >= 15 is 0 Å². The molecule has 1 aromatic carbocycles. The molecule has 5 heteroatoms. The third kappa shape index (κ3) is 4.48. The lowest BCUT2D eigenvalue weighted by Gasteiger charge is -2.27. The van der Waals surface area contributed by atoms with Gasteiger partial charge in [-0.05, 0) is 30.2 Å². The smallest absolute Gasteiger partial charge is 0.228 e. The predicted molar refractivity (Wildman–Crippen MR) is 104 cm³/mol. The molecule has 0 spiro atoms. The maximum absolute atomic E-state index is 11.9. The van der Waals surface area contributed by atoms with Crippen LogP contribution in [0.2, 0.25) is 0 Å². The lowest BCUT2D eigenvalue weighted by atomic mass is 9.98. The summed E-state index contributed by atoms with van der Waals surface area (Å²) in [7, 11) is 0. The fraction of sp³-hybridized carbons (Fsp3) is 0.429. The SMILES string of the molecule is Cc1nc(NC(=O)C(C)C)ccc1-c1ccccc1CN1CCOCC1. The number of anilines is 1. The molecule has 0 bridgehead atoms. The van der Waals surface area contributed by atoms with Crippen LogP contribution >= 0.6 is 0 Å². The maximum Gasteiger partial charge on any atom is 0.228 e. The van der Waals surface area contributed by atoms with E-state index in [0.717, 1.165) is 44.1 Å². The summed E-state index contributed by atoms with van der Waals surface area (Å²) in [5.41, 5.74) is 4.52. The molecule has 0 atom stereocenters. The number of aromatic nitrogens is 1. The number of benzene rings is 1. The van der Waals surface area contributed by atoms with Gasteiger partial charge in [0, 0.05) is 36.8 Å². The number of nitrogens with one attached hydrogen (secondary N) is 1. The van der Waals surface area contributed by atoms with Gasteiger partial charge in [-0.25, -0.2) is 4.98 Å². The molecule has 1 saturated heterocycles. The number of hydrogen-bond donors (Lipinski definition) is 1. The van der Waals surface area contributed by atoms with Crippen LogP contribution in [0, 0.1) is 12.8 Å². The molecule has 0 aliphatic carbocycles. The summed E-state index contributed by atoms with van der Waals surface area (Å²) < 4.78 is 5.45. The van der Waals surface area contributed by atoms with Crippen LogP contribution in [-0.2, 0) is 16.1 Å². The minimum absolute atomic E-state index is 0.0163. The highest BCUT2D eigenvalue weighted by molar-refractivity contribution is 5.91. The second kappa shape index (κ2) is 8.43. The van der Waals surface area contributed by atoms with Gasteiger partial charge in [0.05, 0.1) is 13.2 Å². The van der Waals surface area contributed by atoms with E-state index in [1.54, 1.807) is 0 Å². The Hall–Kier alpha value is -2.24. The van der Waals surface area contributed by atoms with E-state index in [1.807, 2.05) is 26.8 Å². The van der Waals surface area contributed by atoms with E-state index in [4.69, 9.17) is 4.74 Å². The highest BCUT2D eigenvalue weighted by atomic mass is 16.5. The monoisotopic (exact) mass is 353 g/mol. The quantitative estimate of drug-likeness (QED) is 0.894. The van der Waals surface area contributed by atoms with Crippen LogP contribution < -0.4 is 5.32 Å². The second-order valence-electron chi connectivity index (χ2n) is 7.02. The molecular weight excluding hydrogens is 326 g/mol. The summed E-state index contributed by atoms with van der Waals surface area (Å²) in [6, 6.07) is 12.4. The normalized spacial score (nSPS) is 15.2. The van der Waals surface area contributed by atoms with E-state index in [0.29, 0.717) is 5.82 Å². The van der Waals surface area contributed by atoms with E-state index in [-0.39, 0.29) is 11.8 Å². The summed E-state index contributed by atoms with van der Waals surface area (Å²) in [6.07, 6.45) is 0. The van der Waals surface area contributed by atoms with Gasteiger partial charge in [-0.2, -0.15) is 0 Å². The number of ether oxygens (including phenoxy) is 1. The molecule has 5 nitrogen and oxygen atoms in total. The fourth-order valence-corrected chi connectivity index (χ4v) is 3.11. The van der Waals surface area contributed by atoms with Crippen molar-refractivity contribution in [3.05, 3.63) is 47.7 Å². The number of carbonyl (C=O) groups excluding carboxylic acids is 1. The summed E-state index contributed by atoms with van der Waals surface area (Å²) in [5.74, 6) is 0.527. The van der Waals surface area contributed by atoms with Crippen LogP contribution in [0.5, 0.6) is 0 Å². The lowest BCUT2D eigenvalue weighted by molar-refractivity contribution is -0.118. The van der Waals surface area contributed by atoms with E-state index in [1.165, 1.54) is 11.1 Å². The third-order valence-electron chi connectivity index (χ3n) is 4.67. The first-order valence-electron chi connectivity index (χ1n) is 9.21. The molecule has 2 aromatic rings. The lowest BCUT2D eigenvalue weighted by Crippen LogP contribution is -2.35. The highest BCUT2D eigenvalue weighted by Crippen LogP contribution is 2.28. The van der Waals surface area contributed by atoms with Gasteiger partial charge in [-0.1, -0.05) is 38.1 Å². The molecule has 0 unspecified atom stereocenters. The number of carbonyl (C=O) groups is 1. The van der Waals surface area contributed by atoms with Gasteiger partial charge in [-0.15, -0.1) is 0 Å². The number of morpholine rings is 1. The number of rotatable bonds is 5. The number of amides is 1. The van der Waals surface area contributed by atoms with Crippen molar-refractivity contribution in [2.24, 2.45) is 5.92 Å². The highest BCUT2D eigenvalue weighted by Gasteiger charge is 2.15. The molecule has 1 N–H and O–H groups in total. The number of nitrogens with zero attached hydrogens (tertiary/aromatic N) is 2. The Morgan fingerprint density at radius 3 is 2.58 bits per heavy atom. The molecule has 1 amide bonds. The van der Waals surface area contributed by atoms with Crippen molar-refractivity contribution in [2.45, 2.75) is 27.3 Å². The molecule has 2 heterocycles. The van der Waals surface area contributed by atoms with Crippen molar-refractivity contribution in [1.82, 2.24) is 9.88 Å². The molecule has 0 saturated carbocycles. The summed E-state index contributed by atoms with van der Waals surface area (Å²) in [4.78, 5) is 18.9. The van der Waals surface area contributed by atoms with Crippen LogP contribution in [0.15, 0.2) is 36.4 Å². The van der Waals surface area contributed by atoms with E-state index < -0.39 is 0 Å². The van der Waals surface area contributed by atoms with Crippen molar-refractivity contribution >= 4 is 11.7 Å². The Morgan fingerprint density at radius 1 is 1.15 bits per heavy atom. The zero-order valence-corrected chi connectivity index (χ0v) is 15.8. The third-order valence-corrected chi connectivity index (χ3v) is 4.67. The fourth-order valence-electron chi connectivity index (χ4n) is 3.11. The van der Waals surface area contributed by atoms with Gasteiger partial charge >= 0.3 is 0 Å². The average molecular weight is 353 g/mol. The molecule has 1 aromatic heterocycles. The minimum Gasteiger partial charge on any atom is -0.379 e. The number of aryl methyl sites for hydroxylation is 1. The number of hydrogen-bond acceptors (Lipinski definition) is 4. The van der Waals surface area contributed by atoms with Crippen molar-refractivity contribution in [3.63, 3.8) is 0 Å². The van der Waals surface area contributed by atoms with Crippen LogP contribution in [0.1, 0.15) is 25.1 Å². The molecule has 26 heavy (non-hydrogen) atoms. The zero-order chi connectivity index (χ0) is 18.5. The summed E-state index contributed by atoms with van der Waals surface area (Å²) in [6.45, 7) is 10.2. The van der Waals surface area contributed by atoms with Crippen LogP contribution in [0.3, 0.4) is 0 Å². The van der Waals surface area contributed by atoms with Gasteiger partial charge in [-0.3, -0.25) is 9.69 Å². The second-order valence-corrected chi connectivity index (χ2v) is 7.02. The van der Waals surface area contributed by atoms with E-state index in [9.17, 15) is 4.79 Å². The largest absolute Gasteiger partial charge is 0.379 e. The predicted octanol–water partition coefficient (Wildman–Crippen LogP) is 3.48. The molecule has 138 valence electrons. The molecule has 1 aliphatic heterocycles. The Bertz CT molecular complexity index is 768. The Morgan fingerprint density at radius 2 is 1.88 bits per heavy atom. The van der Waals surface area contributed by atoms with Crippen LogP contribution in [0.4, 0.5) is 5.82 Å². The Labute approximate surface area is 155 Å². The Balaban J connectivity index is 1.83. The first-order chi connectivity index (χ1) is 12.5. The summed E-state index contributed by atoms with van der Waals surface area (Å²) >= 11 is 0. The van der Waals surface area contributed by atoms with Gasteiger partial charge in [0.1, 0.15) is 5.82 Å². The Kier molecular flexibility index (Phi) is 6.01. The van der Waals surface area contributed by atoms with Gasteiger partial charge in [0.25, 0.3) is 0 Å². The molecule has 0 radical (unpaired) electrons. The topological polar surface area (TPSA) is 54.5 Å². The number of pyridine rings is 1. The van der Waals surface area contributed by atoms with Gasteiger partial charge in [0.2, 0.25) is 5.91 Å². The van der Waals surface area contributed by atoms with Gasteiger partial charge < -0.3 is 10.1 Å². The van der Waals surface area contributed by atoms with Crippen LogP contribution in [0.25, 0.3) is 11.1 Å². The standard InChI is InChI=1S/C21H27N3O2/c1-15(2)21(25)23-20-9-8-18(16(3)22-20)19-7-5-4-6-17(19)14-24-10-12-26-13-11-24/h4-9,15H,10-14H2,1-3H3,(H,22,23,25). The van der Waals surface area contributed by atoms with Gasteiger partial charge in [0.15, 0.2) is 0 Å². The average Bonchev–Trinajstić information content (AvgIpc) is 2.63. The molecule has 1 fully saturated rings. The first-order valence-corrected chi connectivity index (χ1v) is 9.21. The maximum atomic E-state index is 11.9. The first kappa shape index (κ1) is 18.5. The molecule has 1 aliphatic rings. The minimum atomic E-state index is -0.0639. The van der Waals surface area contributed by atoms with E-state index in [2.05, 4.69) is 45.5 Å².